The lowest BCUT2D eigenvalue weighted by molar-refractivity contribution is -0.152. The van der Waals surface area contributed by atoms with Crippen molar-refractivity contribution in [2.75, 3.05) is 6.54 Å². The van der Waals surface area contributed by atoms with E-state index in [4.69, 9.17) is 15.9 Å². The third-order valence-corrected chi connectivity index (χ3v) is 6.39. The summed E-state index contributed by atoms with van der Waals surface area (Å²) in [5, 5.41) is 26.5. The number of esters is 1. The number of thiophene rings is 1. The van der Waals surface area contributed by atoms with E-state index in [0.29, 0.717) is 4.88 Å². The maximum Gasteiger partial charge on any atom is 0.353 e. The number of rotatable bonds is 7. The number of carboxylic acids is 1. The number of aliphatic hydroxyl groups is 1. The molecule has 1 aromatic carbocycles. The molecule has 1 fully saturated rings. The van der Waals surface area contributed by atoms with E-state index in [1.165, 1.54) is 23.1 Å². The number of β-amino-alcohol motifs (C(OH)–C–C–N with tert-alkyl or cyclic N) is 1. The molecular weight excluding hydrogens is 489 g/mol. The van der Waals surface area contributed by atoms with Gasteiger partial charge in [-0.3, -0.25) is 10.2 Å². The predicted octanol–water partition coefficient (Wildman–Crippen LogP) is 2.43. The van der Waals surface area contributed by atoms with Crippen molar-refractivity contribution < 1.29 is 33.7 Å². The van der Waals surface area contributed by atoms with Crippen LogP contribution in [0.15, 0.2) is 30.3 Å². The number of amidine groups is 1. The number of likely N-dealkylation sites (tertiary alicyclic amines) is 1. The zero-order valence-electron chi connectivity index (χ0n) is 18.4. The number of carbonyl (C=O) groups is 3. The standard InChI is InChI=1S/C22H24FN3O6S.ClH/c1-22(2,21(31)26-10-12(27)8-15(26)19(28)29)9-13-4-6-17(33-13)20(30)32-16-5-3-11(18(24)25)7-14(16)23;/h3-7,12,15,27H,8-10H2,1-2H3,(H3,24,25)(H,28,29);1H/t12-,15+;/m1./s1. The van der Waals surface area contributed by atoms with E-state index in [1.807, 2.05) is 0 Å². The molecule has 0 aliphatic carbocycles. The summed E-state index contributed by atoms with van der Waals surface area (Å²) < 4.78 is 19.2. The first-order valence-corrected chi connectivity index (χ1v) is 10.9. The van der Waals surface area contributed by atoms with Gasteiger partial charge in [-0.1, -0.05) is 13.8 Å². The summed E-state index contributed by atoms with van der Waals surface area (Å²) in [6.07, 6.45) is -0.681. The predicted molar refractivity (Wildman–Crippen MR) is 125 cm³/mol. The van der Waals surface area contributed by atoms with Crippen molar-refractivity contribution in [1.82, 2.24) is 4.90 Å². The average molecular weight is 514 g/mol. The van der Waals surface area contributed by atoms with Gasteiger partial charge in [-0.05, 0) is 36.8 Å². The number of ether oxygens (including phenoxy) is 1. The number of nitrogen functional groups attached to an aromatic ring is 1. The van der Waals surface area contributed by atoms with Crippen molar-refractivity contribution >= 4 is 47.4 Å². The van der Waals surface area contributed by atoms with Gasteiger partial charge in [-0.15, -0.1) is 23.7 Å². The number of halogens is 2. The highest BCUT2D eigenvalue weighted by atomic mass is 35.5. The van der Waals surface area contributed by atoms with Gasteiger partial charge in [0, 0.05) is 28.8 Å². The van der Waals surface area contributed by atoms with Crippen molar-refractivity contribution in [3.05, 3.63) is 51.5 Å². The Hall–Kier alpha value is -3.02. The number of aliphatic carboxylic acids is 1. The number of nitrogens with one attached hydrogen (secondary N) is 1. The van der Waals surface area contributed by atoms with Gasteiger partial charge < -0.3 is 25.6 Å². The average Bonchev–Trinajstić information content (AvgIpc) is 3.35. The van der Waals surface area contributed by atoms with Crippen molar-refractivity contribution in [3.8, 4) is 5.75 Å². The lowest BCUT2D eigenvalue weighted by Gasteiger charge is -2.31. The molecule has 1 aliphatic rings. The van der Waals surface area contributed by atoms with Crippen LogP contribution in [0.2, 0.25) is 0 Å². The molecule has 1 aromatic heterocycles. The summed E-state index contributed by atoms with van der Waals surface area (Å²) in [5.74, 6) is -3.80. The zero-order valence-corrected chi connectivity index (χ0v) is 20.0. The molecule has 184 valence electrons. The molecule has 34 heavy (non-hydrogen) atoms. The zero-order chi connectivity index (χ0) is 24.5. The first-order chi connectivity index (χ1) is 15.4. The summed E-state index contributed by atoms with van der Waals surface area (Å²) in [4.78, 5) is 39.0. The molecule has 1 amide bonds. The van der Waals surface area contributed by atoms with Gasteiger partial charge in [0.2, 0.25) is 5.91 Å². The quantitative estimate of drug-likeness (QED) is 0.192. The third kappa shape index (κ3) is 5.91. The van der Waals surface area contributed by atoms with Crippen LogP contribution in [0.25, 0.3) is 0 Å². The van der Waals surface area contributed by atoms with E-state index in [1.54, 1.807) is 19.9 Å². The first-order valence-electron chi connectivity index (χ1n) is 10.1. The number of carbonyl (C=O) groups excluding carboxylic acids is 2. The van der Waals surface area contributed by atoms with E-state index < -0.39 is 41.2 Å². The third-order valence-electron chi connectivity index (χ3n) is 5.33. The van der Waals surface area contributed by atoms with Gasteiger partial charge in [-0.2, -0.15) is 0 Å². The Labute approximate surface area is 205 Å². The van der Waals surface area contributed by atoms with Gasteiger partial charge >= 0.3 is 11.9 Å². The molecular formula is C22H25ClFN3O6S. The van der Waals surface area contributed by atoms with E-state index in [9.17, 15) is 29.0 Å². The summed E-state index contributed by atoms with van der Waals surface area (Å²) in [7, 11) is 0. The van der Waals surface area contributed by atoms with E-state index in [0.717, 1.165) is 17.4 Å². The molecule has 12 heteroatoms. The summed E-state index contributed by atoms with van der Waals surface area (Å²) in [6.45, 7) is 3.29. The summed E-state index contributed by atoms with van der Waals surface area (Å²) >= 11 is 1.08. The topological polar surface area (TPSA) is 154 Å². The Kier molecular flexibility index (Phi) is 8.40. The van der Waals surface area contributed by atoms with Crippen molar-refractivity contribution in [3.63, 3.8) is 0 Å². The molecule has 5 N–H and O–H groups in total. The molecule has 0 spiro atoms. The van der Waals surface area contributed by atoms with Crippen LogP contribution in [0.4, 0.5) is 4.39 Å². The minimum absolute atomic E-state index is 0. The monoisotopic (exact) mass is 513 g/mol. The fourth-order valence-corrected chi connectivity index (χ4v) is 4.77. The fourth-order valence-electron chi connectivity index (χ4n) is 3.66. The molecule has 0 bridgehead atoms. The minimum Gasteiger partial charge on any atom is -0.480 e. The lowest BCUT2D eigenvalue weighted by atomic mass is 9.86. The van der Waals surface area contributed by atoms with Gasteiger partial charge in [0.25, 0.3) is 0 Å². The molecule has 0 radical (unpaired) electrons. The molecule has 0 saturated carbocycles. The SMILES string of the molecule is CC(C)(Cc1ccc(C(=O)Oc2ccc(C(=N)N)cc2F)s1)C(=O)N1C[C@H](O)C[C@H]1C(=O)O.Cl. The number of nitrogens with two attached hydrogens (primary N) is 1. The Bertz CT molecular complexity index is 1120. The summed E-state index contributed by atoms with van der Waals surface area (Å²) in [6, 6.07) is 5.65. The van der Waals surface area contributed by atoms with Gasteiger partial charge in [0.1, 0.15) is 16.8 Å². The highest BCUT2D eigenvalue weighted by Gasteiger charge is 2.44. The Balaban J connectivity index is 0.00000408. The smallest absolute Gasteiger partial charge is 0.353 e. The highest BCUT2D eigenvalue weighted by molar-refractivity contribution is 7.14. The number of amides is 1. The Morgan fingerprint density at radius 2 is 1.97 bits per heavy atom. The second-order valence-electron chi connectivity index (χ2n) is 8.48. The van der Waals surface area contributed by atoms with Crippen LogP contribution in [0.1, 0.15) is 40.4 Å². The van der Waals surface area contributed by atoms with Crippen molar-refractivity contribution in [2.24, 2.45) is 11.1 Å². The molecule has 3 rings (SSSR count). The number of hydrogen-bond donors (Lipinski definition) is 4. The van der Waals surface area contributed by atoms with Crippen LogP contribution >= 0.6 is 23.7 Å². The van der Waals surface area contributed by atoms with Crippen LogP contribution < -0.4 is 10.5 Å². The van der Waals surface area contributed by atoms with Crippen molar-refractivity contribution in [1.29, 1.82) is 5.41 Å². The first kappa shape index (κ1) is 27.2. The molecule has 1 saturated heterocycles. The van der Waals surface area contributed by atoms with Crippen molar-refractivity contribution in [2.45, 2.75) is 38.8 Å². The molecule has 2 atom stereocenters. The minimum atomic E-state index is -1.17. The van der Waals surface area contributed by atoms with Crippen LogP contribution in [0.5, 0.6) is 5.75 Å². The van der Waals surface area contributed by atoms with E-state index in [2.05, 4.69) is 0 Å². The Morgan fingerprint density at radius 3 is 2.56 bits per heavy atom. The fraction of sp³-hybridized carbons (Fsp3) is 0.364. The molecule has 2 aromatic rings. The molecule has 0 unspecified atom stereocenters. The summed E-state index contributed by atoms with van der Waals surface area (Å²) in [5.41, 5.74) is 4.48. The Morgan fingerprint density at radius 1 is 1.29 bits per heavy atom. The van der Waals surface area contributed by atoms with Crippen LogP contribution in [-0.2, 0) is 16.0 Å². The molecule has 2 heterocycles. The maximum atomic E-state index is 14.1. The molecule has 1 aliphatic heterocycles. The number of benzene rings is 1. The van der Waals surface area contributed by atoms with E-state index >= 15 is 0 Å². The van der Waals surface area contributed by atoms with Gasteiger partial charge in [0.05, 0.1) is 6.10 Å². The second-order valence-corrected chi connectivity index (χ2v) is 9.64. The second kappa shape index (κ2) is 10.5. The highest BCUT2D eigenvalue weighted by Crippen LogP contribution is 2.32. The number of aliphatic hydroxyl groups excluding tert-OH is 1. The van der Waals surface area contributed by atoms with Gasteiger partial charge in [0.15, 0.2) is 11.6 Å². The van der Waals surface area contributed by atoms with Crippen LogP contribution in [-0.4, -0.2) is 57.5 Å². The van der Waals surface area contributed by atoms with Crippen LogP contribution in [0, 0.1) is 16.6 Å². The molecule has 9 nitrogen and oxygen atoms in total. The number of nitrogens with zero attached hydrogens (tertiary/aromatic N) is 1. The lowest BCUT2D eigenvalue weighted by Crippen LogP contribution is -2.47. The van der Waals surface area contributed by atoms with Gasteiger partial charge in [-0.25, -0.2) is 14.0 Å². The van der Waals surface area contributed by atoms with E-state index in [-0.39, 0.29) is 53.8 Å². The van der Waals surface area contributed by atoms with Crippen LogP contribution in [0.3, 0.4) is 0 Å². The maximum absolute atomic E-state index is 14.1. The largest absolute Gasteiger partial charge is 0.480 e. The number of hydrogen-bond acceptors (Lipinski definition) is 7. The normalized spacial score (nSPS) is 17.7. The number of carboxylic acid groups (broad SMARTS) is 1.